The molecule has 1 fully saturated rings. The topological polar surface area (TPSA) is 137 Å². The Bertz CT molecular complexity index is 1280. The van der Waals surface area contributed by atoms with Crippen LogP contribution in [0.2, 0.25) is 0 Å². The zero-order valence-corrected chi connectivity index (χ0v) is 17.3. The summed E-state index contributed by atoms with van der Waals surface area (Å²) < 4.78 is 49.4. The number of aliphatic hydroxyl groups excluding tert-OH is 2. The van der Waals surface area contributed by atoms with Gasteiger partial charge in [0, 0.05) is 24.4 Å². The lowest BCUT2D eigenvalue weighted by Gasteiger charge is -2.38. The molecule has 11 nitrogen and oxygen atoms in total. The molecule has 0 aliphatic carbocycles. The molecule has 4 atom stereocenters. The van der Waals surface area contributed by atoms with Gasteiger partial charge in [-0.15, -0.1) is 15.3 Å². The van der Waals surface area contributed by atoms with E-state index in [-0.39, 0.29) is 17.7 Å². The van der Waals surface area contributed by atoms with E-state index < -0.39 is 48.4 Å². The fraction of sp³-hybridized carbons (Fsp3) is 0.300. The Labute approximate surface area is 189 Å². The predicted molar refractivity (Wildman–Crippen MR) is 107 cm³/mol. The third-order valence-corrected chi connectivity index (χ3v) is 5.54. The van der Waals surface area contributed by atoms with Gasteiger partial charge in [0.15, 0.2) is 29.1 Å². The predicted octanol–water partition coefficient (Wildman–Crippen LogP) is 1.16. The van der Waals surface area contributed by atoms with E-state index >= 15 is 0 Å². The molecule has 5 rings (SSSR count). The Morgan fingerprint density at radius 1 is 1.12 bits per heavy atom. The van der Waals surface area contributed by atoms with Crippen LogP contribution in [0.15, 0.2) is 43.2 Å². The number of aliphatic hydroxyl groups is 2. The average Bonchev–Trinajstić information content (AvgIpc) is 3.53. The van der Waals surface area contributed by atoms with Gasteiger partial charge in [-0.3, -0.25) is 9.55 Å². The number of nitrogens with zero attached hydrogens (tertiary/aromatic N) is 8. The summed E-state index contributed by atoms with van der Waals surface area (Å²) in [5, 5.41) is 36.5. The number of ether oxygens (including phenoxy) is 1. The summed E-state index contributed by atoms with van der Waals surface area (Å²) in [7, 11) is 0. The molecule has 0 saturated carbocycles. The van der Waals surface area contributed by atoms with Crippen molar-refractivity contribution >= 4 is 0 Å². The monoisotopic (exact) mass is 474 g/mol. The van der Waals surface area contributed by atoms with Gasteiger partial charge in [-0.25, -0.2) is 22.8 Å². The maximum absolute atomic E-state index is 13.7. The van der Waals surface area contributed by atoms with Crippen LogP contribution in [-0.2, 0) is 4.74 Å². The van der Waals surface area contributed by atoms with Crippen LogP contribution in [-0.4, -0.2) is 68.8 Å². The number of aromatic nitrogens is 8. The van der Waals surface area contributed by atoms with Crippen LogP contribution in [0, 0.1) is 17.5 Å². The molecule has 34 heavy (non-hydrogen) atoms. The highest BCUT2D eigenvalue weighted by Crippen LogP contribution is 2.37. The van der Waals surface area contributed by atoms with E-state index in [0.29, 0.717) is 11.6 Å². The van der Waals surface area contributed by atoms with Crippen LogP contribution >= 0.6 is 0 Å². The molecule has 1 aromatic carbocycles. The van der Waals surface area contributed by atoms with Crippen LogP contribution in [0.5, 0.6) is 0 Å². The molecular formula is C20H17F3N8O3. The molecule has 2 N–H and O–H groups in total. The van der Waals surface area contributed by atoms with Gasteiger partial charge in [0.05, 0.1) is 25.0 Å². The van der Waals surface area contributed by atoms with Crippen molar-refractivity contribution in [3.05, 3.63) is 66.5 Å². The molecule has 4 aromatic rings. The lowest BCUT2D eigenvalue weighted by molar-refractivity contribution is -0.161. The number of hydrogen-bond acceptors (Lipinski definition) is 9. The van der Waals surface area contributed by atoms with Crippen molar-refractivity contribution in [3.63, 3.8) is 0 Å². The van der Waals surface area contributed by atoms with Crippen molar-refractivity contribution in [3.8, 4) is 17.1 Å². The second-order valence-corrected chi connectivity index (χ2v) is 7.60. The van der Waals surface area contributed by atoms with E-state index in [0.717, 1.165) is 12.1 Å². The molecular weight excluding hydrogens is 457 g/mol. The highest BCUT2D eigenvalue weighted by molar-refractivity contribution is 5.57. The lowest BCUT2D eigenvalue weighted by atomic mass is 9.95. The Hall–Kier alpha value is -3.75. The molecule has 4 unspecified atom stereocenters. The maximum atomic E-state index is 13.7. The minimum atomic E-state index is -1.59. The number of benzene rings is 1. The Kier molecular flexibility index (Phi) is 5.77. The van der Waals surface area contributed by atoms with E-state index in [1.165, 1.54) is 35.8 Å². The fourth-order valence-electron chi connectivity index (χ4n) is 3.87. The summed E-state index contributed by atoms with van der Waals surface area (Å²) in [5.74, 6) is -3.51. The van der Waals surface area contributed by atoms with Crippen LogP contribution in [0.25, 0.3) is 17.1 Å². The maximum Gasteiger partial charge on any atom is 0.194 e. The van der Waals surface area contributed by atoms with Crippen molar-refractivity contribution in [1.29, 1.82) is 0 Å². The molecule has 1 aliphatic heterocycles. The number of rotatable bonds is 5. The third kappa shape index (κ3) is 3.91. The van der Waals surface area contributed by atoms with Crippen molar-refractivity contribution in [2.45, 2.75) is 30.8 Å². The largest absolute Gasteiger partial charge is 0.394 e. The SMILES string of the molecule is OCC1OC(c2nncn2-c2cnccn2)CC(n2cc(-c3cc(F)c(F)c(F)c3)nn2)C1O. The molecule has 0 bridgehead atoms. The number of halogens is 3. The zero-order valence-electron chi connectivity index (χ0n) is 17.3. The molecule has 1 aliphatic rings. The van der Waals surface area contributed by atoms with E-state index in [1.807, 2.05) is 0 Å². The first-order valence-electron chi connectivity index (χ1n) is 10.1. The second kappa shape index (κ2) is 8.89. The van der Waals surface area contributed by atoms with Gasteiger partial charge in [0.25, 0.3) is 0 Å². The lowest BCUT2D eigenvalue weighted by Crippen LogP contribution is -2.45. The van der Waals surface area contributed by atoms with Crippen LogP contribution < -0.4 is 0 Å². The minimum absolute atomic E-state index is 0.0261. The highest BCUT2D eigenvalue weighted by Gasteiger charge is 2.41. The highest BCUT2D eigenvalue weighted by atomic mass is 19.2. The molecule has 0 spiro atoms. The van der Waals surface area contributed by atoms with Gasteiger partial charge in [0.1, 0.15) is 30.3 Å². The van der Waals surface area contributed by atoms with E-state index in [1.54, 1.807) is 4.57 Å². The van der Waals surface area contributed by atoms with Gasteiger partial charge in [-0.1, -0.05) is 5.21 Å². The first-order chi connectivity index (χ1) is 16.5. The molecule has 176 valence electrons. The van der Waals surface area contributed by atoms with Crippen molar-refractivity contribution in [2.24, 2.45) is 0 Å². The molecule has 3 aromatic heterocycles. The Morgan fingerprint density at radius 2 is 1.91 bits per heavy atom. The minimum Gasteiger partial charge on any atom is -0.394 e. The van der Waals surface area contributed by atoms with Crippen molar-refractivity contribution in [2.75, 3.05) is 6.61 Å². The first-order valence-corrected chi connectivity index (χ1v) is 10.1. The first kappa shape index (κ1) is 22.1. The van der Waals surface area contributed by atoms with Crippen LogP contribution in [0.1, 0.15) is 24.4 Å². The summed E-state index contributed by atoms with van der Waals surface area (Å²) in [6.45, 7) is -0.497. The van der Waals surface area contributed by atoms with Gasteiger partial charge in [-0.2, -0.15) is 0 Å². The summed E-state index contributed by atoms with van der Waals surface area (Å²) in [4.78, 5) is 8.24. The summed E-state index contributed by atoms with van der Waals surface area (Å²) in [5.41, 5.74) is 0.0400. The zero-order chi connectivity index (χ0) is 23.8. The van der Waals surface area contributed by atoms with Crippen molar-refractivity contribution in [1.82, 2.24) is 39.7 Å². The third-order valence-electron chi connectivity index (χ3n) is 5.54. The van der Waals surface area contributed by atoms with Gasteiger partial charge >= 0.3 is 0 Å². The summed E-state index contributed by atoms with van der Waals surface area (Å²) in [6, 6.07) is 0.852. The van der Waals surface area contributed by atoms with E-state index in [4.69, 9.17) is 4.74 Å². The molecule has 1 saturated heterocycles. The molecule has 4 heterocycles. The fourth-order valence-corrected chi connectivity index (χ4v) is 3.87. The normalized spacial score (nSPS) is 22.7. The Morgan fingerprint density at radius 3 is 2.62 bits per heavy atom. The standard InChI is InChI=1S/C20H17F3N8O3/c21-11-3-10(4-12(22)18(11)23)13-7-31(29-27-13)14-5-15(34-16(8-32)19(14)33)20-28-26-9-30(20)17-6-24-1-2-25-17/h1-4,6-7,9,14-16,19,32-33H,5,8H2. The molecule has 0 amide bonds. The van der Waals surface area contributed by atoms with E-state index in [2.05, 4.69) is 30.5 Å². The second-order valence-electron chi connectivity index (χ2n) is 7.60. The van der Waals surface area contributed by atoms with Crippen LogP contribution in [0.3, 0.4) is 0 Å². The number of hydrogen-bond donors (Lipinski definition) is 2. The molecule has 0 radical (unpaired) electrons. The van der Waals surface area contributed by atoms with Gasteiger partial charge < -0.3 is 14.9 Å². The van der Waals surface area contributed by atoms with Crippen LogP contribution in [0.4, 0.5) is 13.2 Å². The van der Waals surface area contributed by atoms with Crippen molar-refractivity contribution < 1.29 is 28.1 Å². The quantitative estimate of drug-likeness (QED) is 0.408. The van der Waals surface area contributed by atoms with Gasteiger partial charge in [0.2, 0.25) is 0 Å². The van der Waals surface area contributed by atoms with Gasteiger partial charge in [-0.05, 0) is 12.1 Å². The average molecular weight is 474 g/mol. The summed E-state index contributed by atoms with van der Waals surface area (Å²) >= 11 is 0. The Balaban J connectivity index is 1.47. The smallest absolute Gasteiger partial charge is 0.194 e. The van der Waals surface area contributed by atoms with E-state index in [9.17, 15) is 23.4 Å². The summed E-state index contributed by atoms with van der Waals surface area (Å²) in [6.07, 6.45) is 4.55. The molecule has 14 heteroatoms.